The van der Waals surface area contributed by atoms with Crippen LogP contribution in [0.3, 0.4) is 0 Å². The van der Waals surface area contributed by atoms with E-state index in [0.29, 0.717) is 25.0 Å². The number of rotatable bonds is 6. The number of ether oxygens (including phenoxy) is 1. The molecule has 1 aromatic rings. The molecule has 8 heteroatoms. The van der Waals surface area contributed by atoms with Crippen LogP contribution in [0.1, 0.15) is 112 Å². The van der Waals surface area contributed by atoms with Gasteiger partial charge in [0.15, 0.2) is 11.3 Å². The topological polar surface area (TPSA) is 111 Å². The van der Waals surface area contributed by atoms with Gasteiger partial charge >= 0.3 is 6.09 Å². The normalized spacial score (nSPS) is 24.1. The van der Waals surface area contributed by atoms with Crippen molar-refractivity contribution in [2.45, 2.75) is 135 Å². The fraction of sp³-hybridized carbons (Fsp3) is 0.742. The van der Waals surface area contributed by atoms with Crippen LogP contribution >= 0.6 is 0 Å². The standard InChI is InChI=1S/C31H51N3O5/c1-26(2,3)21-16-20(17-22(24(21)36)27(4,5)6)12-13-23(35)32-14-15-34-25(37)39-31(30(34,11)38)18-28(7,8)33-29(9,10)19-31/h16-17,33,36,38H,12-15,18-19H2,1-11H3,(H,32,35). The molecule has 1 atom stereocenters. The van der Waals surface area contributed by atoms with Crippen LogP contribution < -0.4 is 10.6 Å². The number of hydrogen-bond acceptors (Lipinski definition) is 6. The van der Waals surface area contributed by atoms with E-state index in [0.717, 1.165) is 16.7 Å². The molecule has 1 aromatic carbocycles. The Morgan fingerprint density at radius 3 is 1.95 bits per heavy atom. The van der Waals surface area contributed by atoms with Crippen molar-refractivity contribution in [3.05, 3.63) is 28.8 Å². The number of aromatic hydroxyl groups is 1. The van der Waals surface area contributed by atoms with Crippen molar-refractivity contribution < 1.29 is 24.5 Å². The zero-order chi connectivity index (χ0) is 29.8. The number of nitrogens with zero attached hydrogens (tertiary/aromatic N) is 1. The highest BCUT2D eigenvalue weighted by Gasteiger charge is 2.66. The third-order valence-electron chi connectivity index (χ3n) is 8.11. The molecule has 0 aromatic heterocycles. The fourth-order valence-corrected chi connectivity index (χ4v) is 6.59. The van der Waals surface area contributed by atoms with E-state index >= 15 is 0 Å². The molecule has 39 heavy (non-hydrogen) atoms. The third kappa shape index (κ3) is 6.54. The molecule has 0 bridgehead atoms. The summed E-state index contributed by atoms with van der Waals surface area (Å²) in [6, 6.07) is 3.99. The molecule has 2 saturated heterocycles. The van der Waals surface area contributed by atoms with Crippen LogP contribution in [0.4, 0.5) is 4.79 Å². The van der Waals surface area contributed by atoms with E-state index in [1.54, 1.807) is 6.92 Å². The number of aryl methyl sites for hydroxylation is 1. The highest BCUT2D eigenvalue weighted by molar-refractivity contribution is 5.76. The molecule has 1 unspecified atom stereocenters. The van der Waals surface area contributed by atoms with Crippen LogP contribution in [0.2, 0.25) is 0 Å². The van der Waals surface area contributed by atoms with Crippen molar-refractivity contribution in [3.63, 3.8) is 0 Å². The minimum absolute atomic E-state index is 0.135. The number of piperidine rings is 1. The Hall–Kier alpha value is -2.32. The van der Waals surface area contributed by atoms with Crippen LogP contribution in [0.15, 0.2) is 12.1 Å². The molecule has 4 N–H and O–H groups in total. The maximum absolute atomic E-state index is 12.9. The molecular weight excluding hydrogens is 494 g/mol. The summed E-state index contributed by atoms with van der Waals surface area (Å²) in [4.78, 5) is 27.0. The van der Waals surface area contributed by atoms with Gasteiger partial charge in [-0.1, -0.05) is 53.7 Å². The molecule has 1 spiro atoms. The molecule has 0 aliphatic carbocycles. The zero-order valence-corrected chi connectivity index (χ0v) is 26.0. The van der Waals surface area contributed by atoms with Gasteiger partial charge in [-0.2, -0.15) is 0 Å². The molecule has 2 heterocycles. The van der Waals surface area contributed by atoms with Crippen LogP contribution in [-0.2, 0) is 26.8 Å². The smallest absolute Gasteiger partial charge is 0.412 e. The van der Waals surface area contributed by atoms with Crippen LogP contribution in [0.25, 0.3) is 0 Å². The van der Waals surface area contributed by atoms with Gasteiger partial charge in [0, 0.05) is 43.4 Å². The van der Waals surface area contributed by atoms with Gasteiger partial charge in [0.1, 0.15) is 5.75 Å². The van der Waals surface area contributed by atoms with Crippen molar-refractivity contribution in [1.29, 1.82) is 0 Å². The van der Waals surface area contributed by atoms with Gasteiger partial charge in [-0.3, -0.25) is 9.69 Å². The first-order valence-corrected chi connectivity index (χ1v) is 14.2. The van der Waals surface area contributed by atoms with Crippen molar-refractivity contribution in [1.82, 2.24) is 15.5 Å². The Morgan fingerprint density at radius 1 is 1.00 bits per heavy atom. The number of nitrogens with one attached hydrogen (secondary N) is 2. The van der Waals surface area contributed by atoms with Gasteiger partial charge in [-0.25, -0.2) is 4.79 Å². The highest BCUT2D eigenvalue weighted by atomic mass is 16.6. The van der Waals surface area contributed by atoms with Gasteiger partial charge in [0.25, 0.3) is 0 Å². The number of aliphatic hydroxyl groups is 1. The SMILES string of the molecule is CC1(C)CC2(CC(C)(C)N1)OC(=O)N(CCNC(=O)CCc1cc(C(C)(C)C)c(O)c(C(C)(C)C)c1)C2(C)O. The Morgan fingerprint density at radius 2 is 1.49 bits per heavy atom. The lowest BCUT2D eigenvalue weighted by atomic mass is 9.68. The summed E-state index contributed by atoms with van der Waals surface area (Å²) in [7, 11) is 0. The summed E-state index contributed by atoms with van der Waals surface area (Å²) in [5.74, 6) is 0.190. The average molecular weight is 546 g/mol. The van der Waals surface area contributed by atoms with E-state index in [-0.39, 0.29) is 47.3 Å². The Labute approximate surface area is 234 Å². The highest BCUT2D eigenvalue weighted by Crippen LogP contribution is 2.50. The molecule has 0 radical (unpaired) electrons. The summed E-state index contributed by atoms with van der Waals surface area (Å²) in [6.07, 6.45) is 1.20. The van der Waals surface area contributed by atoms with Crippen molar-refractivity contribution in [3.8, 4) is 5.75 Å². The minimum Gasteiger partial charge on any atom is -0.507 e. The summed E-state index contributed by atoms with van der Waals surface area (Å²) in [5.41, 5.74) is -0.933. The molecule has 2 aliphatic heterocycles. The second-order valence-corrected chi connectivity index (χ2v) is 15.2. The number of carbonyl (C=O) groups excluding carboxylic acids is 2. The Balaban J connectivity index is 1.65. The van der Waals surface area contributed by atoms with E-state index in [4.69, 9.17) is 4.74 Å². The van der Waals surface area contributed by atoms with Crippen molar-refractivity contribution >= 4 is 12.0 Å². The number of phenolic OH excluding ortho intramolecular Hbond substituents is 1. The van der Waals surface area contributed by atoms with Crippen molar-refractivity contribution in [2.24, 2.45) is 0 Å². The van der Waals surface area contributed by atoms with Gasteiger partial charge in [0.05, 0.1) is 0 Å². The fourth-order valence-electron chi connectivity index (χ4n) is 6.59. The molecule has 8 nitrogen and oxygen atoms in total. The van der Waals surface area contributed by atoms with Gasteiger partial charge in [-0.05, 0) is 68.6 Å². The summed E-state index contributed by atoms with van der Waals surface area (Å²) < 4.78 is 5.90. The van der Waals surface area contributed by atoms with E-state index in [9.17, 15) is 19.8 Å². The van der Waals surface area contributed by atoms with Gasteiger partial charge in [0.2, 0.25) is 5.91 Å². The minimum atomic E-state index is -1.51. The molecule has 2 amide bonds. The first-order chi connectivity index (χ1) is 17.5. The lowest BCUT2D eigenvalue weighted by Gasteiger charge is -2.54. The molecule has 220 valence electrons. The number of carbonyl (C=O) groups is 2. The largest absolute Gasteiger partial charge is 0.507 e. The number of hydrogen-bond donors (Lipinski definition) is 4. The van der Waals surface area contributed by atoms with Crippen LogP contribution in [-0.4, -0.2) is 62.6 Å². The number of benzene rings is 1. The van der Waals surface area contributed by atoms with E-state index < -0.39 is 17.4 Å². The third-order valence-corrected chi connectivity index (χ3v) is 8.11. The molecule has 3 rings (SSSR count). The number of phenols is 1. The quantitative estimate of drug-likeness (QED) is 0.406. The van der Waals surface area contributed by atoms with E-state index in [2.05, 4.69) is 52.2 Å². The van der Waals surface area contributed by atoms with Crippen LogP contribution in [0, 0.1) is 0 Å². The summed E-state index contributed by atoms with van der Waals surface area (Å²) in [6.45, 7) is 22.6. The van der Waals surface area contributed by atoms with Gasteiger partial charge < -0.3 is 25.6 Å². The van der Waals surface area contributed by atoms with Crippen molar-refractivity contribution in [2.75, 3.05) is 13.1 Å². The molecule has 2 aliphatic rings. The maximum atomic E-state index is 12.9. The lowest BCUT2D eigenvalue weighted by molar-refractivity contribution is -0.180. The maximum Gasteiger partial charge on any atom is 0.412 e. The Bertz CT molecular complexity index is 1060. The monoisotopic (exact) mass is 545 g/mol. The van der Waals surface area contributed by atoms with E-state index in [1.165, 1.54) is 4.90 Å². The zero-order valence-electron chi connectivity index (χ0n) is 26.0. The lowest BCUT2D eigenvalue weighted by Crippen LogP contribution is -2.70. The Kier molecular flexibility index (Phi) is 7.96. The first kappa shape index (κ1) is 31.2. The average Bonchev–Trinajstić information content (AvgIpc) is 2.87. The van der Waals surface area contributed by atoms with E-state index in [1.807, 2.05) is 39.8 Å². The second-order valence-electron chi connectivity index (χ2n) is 15.2. The summed E-state index contributed by atoms with van der Waals surface area (Å²) >= 11 is 0. The predicted molar refractivity (Wildman–Crippen MR) is 154 cm³/mol. The van der Waals surface area contributed by atoms with Gasteiger partial charge in [-0.15, -0.1) is 0 Å². The second kappa shape index (κ2) is 9.95. The molecular formula is C31H51N3O5. The predicted octanol–water partition coefficient (Wildman–Crippen LogP) is 4.88. The molecule has 0 saturated carbocycles. The summed E-state index contributed by atoms with van der Waals surface area (Å²) in [5, 5.41) is 29.0. The first-order valence-electron chi connectivity index (χ1n) is 14.2. The van der Waals surface area contributed by atoms with Crippen LogP contribution in [0.5, 0.6) is 5.75 Å². The number of amides is 2. The molecule has 2 fully saturated rings.